The third-order valence-corrected chi connectivity index (χ3v) is 3.30. The van der Waals surface area contributed by atoms with Gasteiger partial charge in [-0.05, 0) is 18.6 Å². The molecule has 2 heterocycles. The Labute approximate surface area is 117 Å². The monoisotopic (exact) mass is 299 g/mol. The van der Waals surface area contributed by atoms with Crippen molar-refractivity contribution >= 4 is 0 Å². The van der Waals surface area contributed by atoms with E-state index < -0.39 is 17.8 Å². The fourth-order valence-corrected chi connectivity index (χ4v) is 2.23. The zero-order valence-corrected chi connectivity index (χ0v) is 10.8. The molecule has 8 heteroatoms. The van der Waals surface area contributed by atoms with Crippen molar-refractivity contribution in [1.29, 1.82) is 0 Å². The summed E-state index contributed by atoms with van der Waals surface area (Å²) in [6.07, 6.45) is -4.47. The summed E-state index contributed by atoms with van der Waals surface area (Å²) in [5.74, 6) is 0.359. The van der Waals surface area contributed by atoms with Crippen LogP contribution in [0.1, 0.15) is 23.9 Å². The summed E-state index contributed by atoms with van der Waals surface area (Å²) in [6, 6.07) is 4.48. The Morgan fingerprint density at radius 2 is 2.14 bits per heavy atom. The van der Waals surface area contributed by atoms with Crippen LogP contribution in [0.5, 0.6) is 0 Å². The van der Waals surface area contributed by atoms with Crippen molar-refractivity contribution in [3.63, 3.8) is 0 Å². The molecule has 21 heavy (non-hydrogen) atoms. The molecular formula is C13H12F3N3O2. The van der Waals surface area contributed by atoms with Gasteiger partial charge in [-0.1, -0.05) is 17.3 Å². The number of hydrogen-bond acceptors (Lipinski definition) is 5. The molecule has 112 valence electrons. The van der Waals surface area contributed by atoms with E-state index in [-0.39, 0.29) is 23.3 Å². The molecule has 1 aromatic heterocycles. The Balaban J connectivity index is 1.86. The van der Waals surface area contributed by atoms with Gasteiger partial charge < -0.3 is 14.9 Å². The second-order valence-corrected chi connectivity index (χ2v) is 4.89. The normalized spacial score (nSPS) is 22.7. The molecule has 3 rings (SSSR count). The van der Waals surface area contributed by atoms with Crippen LogP contribution in [0, 0.1) is 0 Å². The summed E-state index contributed by atoms with van der Waals surface area (Å²) < 4.78 is 43.1. The van der Waals surface area contributed by atoms with Gasteiger partial charge in [0.25, 0.3) is 0 Å². The van der Waals surface area contributed by atoms with Crippen LogP contribution >= 0.6 is 0 Å². The van der Waals surface area contributed by atoms with Crippen LogP contribution in [0.15, 0.2) is 28.8 Å². The van der Waals surface area contributed by atoms with E-state index in [2.05, 4.69) is 15.5 Å². The van der Waals surface area contributed by atoms with E-state index in [1.54, 1.807) is 0 Å². The lowest BCUT2D eigenvalue weighted by atomic mass is 10.1. The van der Waals surface area contributed by atoms with Crippen molar-refractivity contribution in [2.75, 3.05) is 6.54 Å². The summed E-state index contributed by atoms with van der Waals surface area (Å²) in [6.45, 7) is 0.423. The highest BCUT2D eigenvalue weighted by Crippen LogP contribution is 2.32. The summed E-state index contributed by atoms with van der Waals surface area (Å²) in [5.41, 5.74) is -0.529. The number of nitrogens with one attached hydrogen (secondary N) is 1. The quantitative estimate of drug-likeness (QED) is 0.889. The predicted molar refractivity (Wildman–Crippen MR) is 66.1 cm³/mol. The smallest absolute Gasteiger partial charge is 0.392 e. The zero-order chi connectivity index (χ0) is 15.0. The molecule has 0 spiro atoms. The third kappa shape index (κ3) is 2.91. The van der Waals surface area contributed by atoms with E-state index in [1.165, 1.54) is 12.1 Å². The van der Waals surface area contributed by atoms with Gasteiger partial charge in [0.2, 0.25) is 11.7 Å². The first-order valence-corrected chi connectivity index (χ1v) is 6.36. The van der Waals surface area contributed by atoms with Gasteiger partial charge in [-0.3, -0.25) is 0 Å². The number of aromatic nitrogens is 2. The topological polar surface area (TPSA) is 71.2 Å². The van der Waals surface area contributed by atoms with Crippen LogP contribution in [0.25, 0.3) is 11.4 Å². The SMILES string of the molecule is OC1CN[C@H](c2nc(-c3cccc(C(F)(F)F)c3)no2)C1. The molecule has 0 radical (unpaired) electrons. The maximum Gasteiger partial charge on any atom is 0.416 e. The number of aliphatic hydroxyl groups is 1. The molecule has 2 atom stereocenters. The number of nitrogens with zero attached hydrogens (tertiary/aromatic N) is 2. The summed E-state index contributed by atoms with van der Waals surface area (Å²) in [7, 11) is 0. The molecule has 1 saturated heterocycles. The Morgan fingerprint density at radius 1 is 1.33 bits per heavy atom. The number of aliphatic hydroxyl groups excluding tert-OH is 1. The Kier molecular flexibility index (Phi) is 3.42. The second-order valence-electron chi connectivity index (χ2n) is 4.89. The largest absolute Gasteiger partial charge is 0.416 e. The fraction of sp³-hybridized carbons (Fsp3) is 0.385. The zero-order valence-electron chi connectivity index (χ0n) is 10.8. The van der Waals surface area contributed by atoms with E-state index in [9.17, 15) is 18.3 Å². The van der Waals surface area contributed by atoms with Gasteiger partial charge in [-0.25, -0.2) is 0 Å². The first-order valence-electron chi connectivity index (χ1n) is 6.36. The summed E-state index contributed by atoms with van der Waals surface area (Å²) in [4.78, 5) is 4.10. The van der Waals surface area contributed by atoms with Crippen LogP contribution < -0.4 is 5.32 Å². The number of β-amino-alcohol motifs (C(OH)–C–C–N with tert-alkyl or cyclic N) is 1. The van der Waals surface area contributed by atoms with Gasteiger partial charge in [0, 0.05) is 12.1 Å². The Bertz CT molecular complexity index is 642. The van der Waals surface area contributed by atoms with Gasteiger partial charge in [-0.15, -0.1) is 0 Å². The van der Waals surface area contributed by atoms with Gasteiger partial charge in [0.05, 0.1) is 17.7 Å². The number of alkyl halides is 3. The van der Waals surface area contributed by atoms with Gasteiger partial charge in [0.1, 0.15) is 0 Å². The minimum absolute atomic E-state index is 0.0966. The molecule has 2 N–H and O–H groups in total. The van der Waals surface area contributed by atoms with Crippen molar-refractivity contribution in [1.82, 2.24) is 15.5 Å². The average Bonchev–Trinajstić information content (AvgIpc) is 3.06. The van der Waals surface area contributed by atoms with Crippen LogP contribution in [-0.2, 0) is 6.18 Å². The van der Waals surface area contributed by atoms with E-state index in [1.807, 2.05) is 0 Å². The number of benzene rings is 1. The first-order chi connectivity index (χ1) is 9.93. The van der Waals surface area contributed by atoms with Crippen LogP contribution in [0.4, 0.5) is 13.2 Å². The molecular weight excluding hydrogens is 287 g/mol. The molecule has 1 aromatic carbocycles. The molecule has 0 saturated carbocycles. The van der Waals surface area contributed by atoms with Crippen molar-refractivity contribution in [3.8, 4) is 11.4 Å². The molecule has 0 aliphatic carbocycles. The minimum atomic E-state index is -4.42. The average molecular weight is 299 g/mol. The van der Waals surface area contributed by atoms with Gasteiger partial charge in [0.15, 0.2) is 0 Å². The molecule has 1 unspecified atom stereocenters. The van der Waals surface area contributed by atoms with Crippen LogP contribution in [0.2, 0.25) is 0 Å². The highest BCUT2D eigenvalue weighted by molar-refractivity contribution is 5.55. The van der Waals surface area contributed by atoms with Crippen LogP contribution in [-0.4, -0.2) is 27.9 Å². The lowest BCUT2D eigenvalue weighted by Crippen LogP contribution is -2.15. The lowest BCUT2D eigenvalue weighted by Gasteiger charge is -2.06. The molecule has 1 aliphatic rings. The maximum atomic E-state index is 12.7. The standard InChI is InChI=1S/C13H12F3N3O2/c14-13(15,16)8-3-1-2-7(4-8)11-18-12(21-19-11)10-5-9(20)6-17-10/h1-4,9-10,17,20H,5-6H2/t9?,10-/m0/s1. The fourth-order valence-electron chi connectivity index (χ4n) is 2.23. The molecule has 1 aliphatic heterocycles. The molecule has 5 nitrogen and oxygen atoms in total. The second kappa shape index (κ2) is 5.12. The van der Waals surface area contributed by atoms with Gasteiger partial charge in [-0.2, -0.15) is 18.2 Å². The van der Waals surface area contributed by atoms with E-state index in [4.69, 9.17) is 4.52 Å². The molecule has 0 amide bonds. The Morgan fingerprint density at radius 3 is 2.81 bits per heavy atom. The molecule has 2 aromatic rings. The van der Waals surface area contributed by atoms with Gasteiger partial charge >= 0.3 is 6.18 Å². The summed E-state index contributed by atoms with van der Waals surface area (Å²) >= 11 is 0. The van der Waals surface area contributed by atoms with E-state index in [0.717, 1.165) is 12.1 Å². The molecule has 1 fully saturated rings. The molecule has 0 bridgehead atoms. The lowest BCUT2D eigenvalue weighted by molar-refractivity contribution is -0.137. The van der Waals surface area contributed by atoms with Crippen molar-refractivity contribution < 1.29 is 22.8 Å². The van der Waals surface area contributed by atoms with Crippen molar-refractivity contribution in [2.45, 2.75) is 24.7 Å². The number of halogens is 3. The highest BCUT2D eigenvalue weighted by atomic mass is 19.4. The van der Waals surface area contributed by atoms with E-state index in [0.29, 0.717) is 13.0 Å². The Hall–Kier alpha value is -1.93. The summed E-state index contributed by atoms with van der Waals surface area (Å²) in [5, 5.41) is 16.1. The third-order valence-electron chi connectivity index (χ3n) is 3.30. The predicted octanol–water partition coefficient (Wildman–Crippen LogP) is 2.15. The number of rotatable bonds is 2. The van der Waals surface area contributed by atoms with E-state index >= 15 is 0 Å². The maximum absolute atomic E-state index is 12.7. The first kappa shape index (κ1) is 14.0. The highest BCUT2D eigenvalue weighted by Gasteiger charge is 2.31. The van der Waals surface area contributed by atoms with Crippen molar-refractivity contribution in [3.05, 3.63) is 35.7 Å². The van der Waals surface area contributed by atoms with Crippen molar-refractivity contribution in [2.24, 2.45) is 0 Å². The number of hydrogen-bond donors (Lipinski definition) is 2. The minimum Gasteiger partial charge on any atom is -0.392 e. The van der Waals surface area contributed by atoms with Crippen LogP contribution in [0.3, 0.4) is 0 Å².